The van der Waals surface area contributed by atoms with Gasteiger partial charge in [-0.1, -0.05) is 6.92 Å². The molecule has 0 radical (unpaired) electrons. The van der Waals surface area contributed by atoms with E-state index in [9.17, 15) is 8.42 Å². The number of benzene rings is 1. The number of hydrogen-bond acceptors (Lipinski definition) is 4. The van der Waals surface area contributed by atoms with E-state index in [0.717, 1.165) is 18.0 Å². The van der Waals surface area contributed by atoms with Gasteiger partial charge in [0.2, 0.25) is 0 Å². The second-order valence-electron chi connectivity index (χ2n) is 3.54. The van der Waals surface area contributed by atoms with Gasteiger partial charge in [-0.2, -0.15) is 12.6 Å². The maximum absolute atomic E-state index is 11.6. The van der Waals surface area contributed by atoms with Crippen LogP contribution in [0.3, 0.4) is 0 Å². The first-order valence-corrected chi connectivity index (χ1v) is 7.44. The summed E-state index contributed by atoms with van der Waals surface area (Å²) in [6.45, 7) is 2.49. The van der Waals surface area contributed by atoms with Crippen molar-refractivity contribution < 1.29 is 8.42 Å². The van der Waals surface area contributed by atoms with E-state index in [-0.39, 0.29) is 5.75 Å². The lowest BCUT2D eigenvalue weighted by Gasteiger charge is -2.18. The number of sulfone groups is 1. The Bertz CT molecular complexity index is 426. The van der Waals surface area contributed by atoms with Crippen LogP contribution in [0.25, 0.3) is 0 Å². The highest BCUT2D eigenvalue weighted by atomic mass is 32.2. The third-order valence-corrected chi connectivity index (χ3v) is 4.40. The number of hydrogen-bond donors (Lipinski definition) is 1. The quantitative estimate of drug-likeness (QED) is 0.820. The molecule has 0 amide bonds. The summed E-state index contributed by atoms with van der Waals surface area (Å²) >= 11 is 4.15. The molecule has 0 aliphatic carbocycles. The predicted molar refractivity (Wildman–Crippen MR) is 71.3 cm³/mol. The molecule has 0 saturated heterocycles. The van der Waals surface area contributed by atoms with E-state index in [1.165, 1.54) is 0 Å². The second-order valence-corrected chi connectivity index (χ2v) is 6.27. The minimum atomic E-state index is -3.09. The summed E-state index contributed by atoms with van der Waals surface area (Å²) in [5, 5.41) is 0. The molecular weight excluding hydrogens is 242 g/mol. The van der Waals surface area contributed by atoms with E-state index in [2.05, 4.69) is 12.6 Å². The summed E-state index contributed by atoms with van der Waals surface area (Å²) in [6, 6.07) is 6.96. The minimum Gasteiger partial charge on any atom is -0.374 e. The van der Waals surface area contributed by atoms with Gasteiger partial charge in [-0.3, -0.25) is 0 Å². The van der Waals surface area contributed by atoms with Crippen molar-refractivity contribution in [1.29, 1.82) is 0 Å². The second kappa shape index (κ2) is 5.59. The normalized spacial score (nSPS) is 11.4. The van der Waals surface area contributed by atoms with Crippen LogP contribution in [0.5, 0.6) is 0 Å². The first kappa shape index (κ1) is 13.4. The Labute approximate surface area is 103 Å². The summed E-state index contributed by atoms with van der Waals surface area (Å²) < 4.78 is 23.2. The minimum absolute atomic E-state index is 0.138. The van der Waals surface area contributed by atoms with Crippen molar-refractivity contribution in [2.45, 2.75) is 11.8 Å². The van der Waals surface area contributed by atoms with Crippen molar-refractivity contribution in [3.05, 3.63) is 24.3 Å². The van der Waals surface area contributed by atoms with E-state index < -0.39 is 9.84 Å². The lowest BCUT2D eigenvalue weighted by atomic mass is 10.3. The molecule has 3 nitrogen and oxygen atoms in total. The first-order chi connectivity index (χ1) is 7.51. The zero-order valence-corrected chi connectivity index (χ0v) is 11.3. The molecule has 0 fully saturated rings. The fourth-order valence-electron chi connectivity index (χ4n) is 1.35. The third kappa shape index (κ3) is 3.15. The fraction of sp³-hybridized carbons (Fsp3) is 0.455. The molecule has 90 valence electrons. The van der Waals surface area contributed by atoms with Gasteiger partial charge in [0.15, 0.2) is 9.84 Å². The van der Waals surface area contributed by atoms with Crippen LogP contribution in [0.15, 0.2) is 29.2 Å². The molecule has 0 aliphatic rings. The summed E-state index contributed by atoms with van der Waals surface area (Å²) in [7, 11) is -1.13. The van der Waals surface area contributed by atoms with Gasteiger partial charge < -0.3 is 4.90 Å². The maximum Gasteiger partial charge on any atom is 0.178 e. The monoisotopic (exact) mass is 259 g/mol. The molecule has 0 N–H and O–H groups in total. The molecule has 1 rings (SSSR count). The Morgan fingerprint density at radius 2 is 1.81 bits per heavy atom. The van der Waals surface area contributed by atoms with Crippen LogP contribution < -0.4 is 4.90 Å². The highest BCUT2D eigenvalue weighted by Gasteiger charge is 2.11. The van der Waals surface area contributed by atoms with Crippen LogP contribution >= 0.6 is 12.6 Å². The van der Waals surface area contributed by atoms with Crippen molar-refractivity contribution in [3.8, 4) is 0 Å². The van der Waals surface area contributed by atoms with Crippen LogP contribution in [0, 0.1) is 0 Å². The molecule has 0 heterocycles. The summed E-state index contributed by atoms with van der Waals surface area (Å²) in [5.41, 5.74) is 1.00. The van der Waals surface area contributed by atoms with E-state index in [1.807, 2.05) is 24.1 Å². The summed E-state index contributed by atoms with van der Waals surface area (Å²) in [6.07, 6.45) is 0. The molecule has 5 heteroatoms. The van der Waals surface area contributed by atoms with Gasteiger partial charge in [-0.25, -0.2) is 8.42 Å². The van der Waals surface area contributed by atoms with Gasteiger partial charge in [-0.15, -0.1) is 0 Å². The lowest BCUT2D eigenvalue weighted by molar-refractivity contribution is 0.597. The Balaban J connectivity index is 2.91. The molecule has 0 unspecified atom stereocenters. The molecule has 0 spiro atoms. The molecule has 0 aliphatic heterocycles. The highest BCUT2D eigenvalue weighted by Crippen LogP contribution is 2.17. The number of thiol groups is 1. The summed E-state index contributed by atoms with van der Waals surface area (Å²) in [5.74, 6) is 0.907. The van der Waals surface area contributed by atoms with Crippen LogP contribution in [-0.2, 0) is 9.84 Å². The number of anilines is 1. The number of rotatable bonds is 5. The Morgan fingerprint density at radius 1 is 1.25 bits per heavy atom. The molecule has 16 heavy (non-hydrogen) atoms. The standard InChI is InChI=1S/C11H17NO2S2/c1-3-16(13,14)11-6-4-10(5-7-11)12(2)8-9-15/h4-7,15H,3,8-9H2,1-2H3. The largest absolute Gasteiger partial charge is 0.374 e. The molecule has 0 atom stereocenters. The van der Waals surface area contributed by atoms with Gasteiger partial charge in [-0.05, 0) is 24.3 Å². The number of nitrogens with zero attached hydrogens (tertiary/aromatic N) is 1. The average Bonchev–Trinajstić information content (AvgIpc) is 2.29. The summed E-state index contributed by atoms with van der Waals surface area (Å²) in [4.78, 5) is 2.42. The van der Waals surface area contributed by atoms with Crippen molar-refractivity contribution in [2.24, 2.45) is 0 Å². The van der Waals surface area contributed by atoms with Crippen molar-refractivity contribution >= 4 is 28.2 Å². The zero-order chi connectivity index (χ0) is 12.2. The van der Waals surface area contributed by atoms with Crippen molar-refractivity contribution in [1.82, 2.24) is 0 Å². The maximum atomic E-state index is 11.6. The smallest absolute Gasteiger partial charge is 0.178 e. The van der Waals surface area contributed by atoms with E-state index in [1.54, 1.807) is 19.1 Å². The molecular formula is C11H17NO2S2. The van der Waals surface area contributed by atoms with E-state index in [0.29, 0.717) is 4.90 Å². The zero-order valence-electron chi connectivity index (χ0n) is 9.55. The van der Waals surface area contributed by atoms with Gasteiger partial charge in [0.05, 0.1) is 10.6 Å². The third-order valence-electron chi connectivity index (χ3n) is 2.45. The SMILES string of the molecule is CCS(=O)(=O)c1ccc(N(C)CCS)cc1. The Morgan fingerprint density at radius 3 is 2.25 bits per heavy atom. The van der Waals surface area contributed by atoms with Crippen LogP contribution in [0.1, 0.15) is 6.92 Å². The van der Waals surface area contributed by atoms with E-state index in [4.69, 9.17) is 0 Å². The van der Waals surface area contributed by atoms with Gasteiger partial charge in [0.25, 0.3) is 0 Å². The molecule has 0 aromatic heterocycles. The molecule has 1 aromatic rings. The van der Waals surface area contributed by atoms with Crippen LogP contribution in [-0.4, -0.2) is 33.5 Å². The van der Waals surface area contributed by atoms with Crippen molar-refractivity contribution in [3.63, 3.8) is 0 Å². The Kier molecular flexibility index (Phi) is 4.68. The lowest BCUT2D eigenvalue weighted by Crippen LogP contribution is -2.19. The topological polar surface area (TPSA) is 37.4 Å². The average molecular weight is 259 g/mol. The van der Waals surface area contributed by atoms with Crippen molar-refractivity contribution in [2.75, 3.05) is 30.0 Å². The Hall–Kier alpha value is -0.680. The molecule has 0 saturated carbocycles. The molecule has 1 aromatic carbocycles. The first-order valence-electron chi connectivity index (χ1n) is 5.16. The van der Waals surface area contributed by atoms with E-state index >= 15 is 0 Å². The van der Waals surface area contributed by atoms with Crippen LogP contribution in [0.4, 0.5) is 5.69 Å². The predicted octanol–water partition coefficient (Wildman–Crippen LogP) is 1.85. The highest BCUT2D eigenvalue weighted by molar-refractivity contribution is 7.91. The van der Waals surface area contributed by atoms with Gasteiger partial charge >= 0.3 is 0 Å². The van der Waals surface area contributed by atoms with Gasteiger partial charge in [0, 0.05) is 25.0 Å². The fourth-order valence-corrected chi connectivity index (χ4v) is 2.54. The van der Waals surface area contributed by atoms with Gasteiger partial charge in [0.1, 0.15) is 0 Å². The van der Waals surface area contributed by atoms with Crippen LogP contribution in [0.2, 0.25) is 0 Å². The molecule has 0 bridgehead atoms.